The minimum Gasteiger partial charge on any atom is -0.353 e. The van der Waals surface area contributed by atoms with Crippen LogP contribution >= 0.6 is 22.7 Å². The molecule has 1 saturated heterocycles. The van der Waals surface area contributed by atoms with Crippen LogP contribution in [0.4, 0.5) is 4.79 Å². The summed E-state index contributed by atoms with van der Waals surface area (Å²) in [7, 11) is 0. The summed E-state index contributed by atoms with van der Waals surface area (Å²) in [5.74, 6) is 0.0122. The van der Waals surface area contributed by atoms with Crippen molar-refractivity contribution in [2.45, 2.75) is 63.5 Å². The maximum atomic E-state index is 12.5. The molecule has 2 N–H and O–H groups in total. The molecule has 3 amide bonds. The summed E-state index contributed by atoms with van der Waals surface area (Å²) in [5, 5.41) is 11.3. The Kier molecular flexibility index (Phi) is 6.82. The van der Waals surface area contributed by atoms with Crippen molar-refractivity contribution < 1.29 is 9.59 Å². The van der Waals surface area contributed by atoms with Crippen molar-refractivity contribution in [3.05, 3.63) is 28.6 Å². The molecule has 0 radical (unpaired) electrons. The summed E-state index contributed by atoms with van der Waals surface area (Å²) in [6.45, 7) is 1.39. The zero-order valence-corrected chi connectivity index (χ0v) is 18.2. The van der Waals surface area contributed by atoms with Crippen LogP contribution in [0.1, 0.15) is 50.6 Å². The van der Waals surface area contributed by atoms with Crippen LogP contribution in [-0.2, 0) is 11.2 Å². The molecule has 8 heteroatoms. The van der Waals surface area contributed by atoms with Gasteiger partial charge in [0.2, 0.25) is 5.91 Å². The highest BCUT2D eigenvalue weighted by molar-refractivity contribution is 7.20. The van der Waals surface area contributed by atoms with Gasteiger partial charge in [-0.3, -0.25) is 4.79 Å². The molecule has 29 heavy (non-hydrogen) atoms. The minimum atomic E-state index is 0.0122. The number of urea groups is 1. The van der Waals surface area contributed by atoms with Gasteiger partial charge in [0.15, 0.2) is 0 Å². The van der Waals surface area contributed by atoms with Crippen LogP contribution in [0.2, 0.25) is 0 Å². The first-order valence-electron chi connectivity index (χ1n) is 10.5. The molecule has 0 spiro atoms. The van der Waals surface area contributed by atoms with Crippen LogP contribution in [-0.4, -0.2) is 47.0 Å². The summed E-state index contributed by atoms with van der Waals surface area (Å²) in [6.07, 6.45) is 7.84. The second-order valence-corrected chi connectivity index (χ2v) is 9.72. The van der Waals surface area contributed by atoms with Gasteiger partial charge in [0.25, 0.3) is 0 Å². The number of hydrogen-bond acceptors (Lipinski definition) is 5. The lowest BCUT2D eigenvalue weighted by Crippen LogP contribution is -2.51. The summed E-state index contributed by atoms with van der Waals surface area (Å²) in [4.78, 5) is 32.5. The fourth-order valence-electron chi connectivity index (χ4n) is 4.08. The van der Waals surface area contributed by atoms with Gasteiger partial charge in [-0.2, -0.15) is 0 Å². The zero-order valence-electron chi connectivity index (χ0n) is 16.6. The molecule has 4 rings (SSSR count). The van der Waals surface area contributed by atoms with Crippen molar-refractivity contribution in [3.63, 3.8) is 0 Å². The number of carbonyl (C=O) groups excluding carboxylic acids is 2. The van der Waals surface area contributed by atoms with Crippen molar-refractivity contribution in [3.8, 4) is 9.88 Å². The number of rotatable bonds is 5. The first-order chi connectivity index (χ1) is 14.2. The van der Waals surface area contributed by atoms with Crippen LogP contribution < -0.4 is 10.6 Å². The maximum Gasteiger partial charge on any atom is 0.317 e. The molecule has 1 saturated carbocycles. The van der Waals surface area contributed by atoms with Crippen LogP contribution in [0.25, 0.3) is 9.88 Å². The molecule has 3 heterocycles. The van der Waals surface area contributed by atoms with E-state index in [2.05, 4.69) is 15.6 Å². The van der Waals surface area contributed by atoms with E-state index in [0.29, 0.717) is 25.6 Å². The van der Waals surface area contributed by atoms with Gasteiger partial charge in [-0.15, -0.1) is 22.7 Å². The number of likely N-dealkylation sites (tertiary alicyclic amines) is 1. The first kappa shape index (κ1) is 20.3. The van der Waals surface area contributed by atoms with E-state index >= 15 is 0 Å². The molecule has 0 unspecified atom stereocenters. The fraction of sp³-hybridized carbons (Fsp3) is 0.571. The highest BCUT2D eigenvalue weighted by atomic mass is 32.1. The Labute approximate surface area is 179 Å². The molecule has 2 aliphatic rings. The molecule has 0 aromatic carbocycles. The van der Waals surface area contributed by atoms with Crippen LogP contribution in [0.3, 0.4) is 0 Å². The summed E-state index contributed by atoms with van der Waals surface area (Å²) >= 11 is 3.24. The Balaban J connectivity index is 1.19. The van der Waals surface area contributed by atoms with Crippen molar-refractivity contribution >= 4 is 34.6 Å². The average molecular weight is 433 g/mol. The summed E-state index contributed by atoms with van der Waals surface area (Å²) < 4.78 is 0. The summed E-state index contributed by atoms with van der Waals surface area (Å²) in [5.41, 5.74) is 0.820. The number of amides is 3. The van der Waals surface area contributed by atoms with E-state index in [4.69, 9.17) is 0 Å². The number of piperidine rings is 1. The lowest BCUT2D eigenvalue weighted by Gasteiger charge is -2.34. The average Bonchev–Trinajstić information content (AvgIpc) is 3.41. The van der Waals surface area contributed by atoms with E-state index in [9.17, 15) is 9.59 Å². The second kappa shape index (κ2) is 9.71. The van der Waals surface area contributed by atoms with Gasteiger partial charge in [0, 0.05) is 30.6 Å². The molecule has 1 aliphatic carbocycles. The third-order valence-electron chi connectivity index (χ3n) is 5.71. The van der Waals surface area contributed by atoms with E-state index in [-0.39, 0.29) is 18.0 Å². The number of thiophene rings is 1. The van der Waals surface area contributed by atoms with Crippen molar-refractivity contribution in [1.29, 1.82) is 0 Å². The highest BCUT2D eigenvalue weighted by Gasteiger charge is 2.26. The largest absolute Gasteiger partial charge is 0.353 e. The predicted molar refractivity (Wildman–Crippen MR) is 117 cm³/mol. The standard InChI is InChI=1S/C21H28N4O2S2/c26-19(13-17-14-29-20(23-17)18-7-4-12-28-18)22-16-8-10-25(11-9-16)21(27)24-15-5-2-1-3-6-15/h4,7,12,14-16H,1-3,5-6,8-11,13H2,(H,22,26)(H,24,27). The lowest BCUT2D eigenvalue weighted by molar-refractivity contribution is -0.121. The highest BCUT2D eigenvalue weighted by Crippen LogP contribution is 2.28. The number of hydrogen-bond donors (Lipinski definition) is 2. The molecule has 2 fully saturated rings. The van der Waals surface area contributed by atoms with Crippen LogP contribution in [0.5, 0.6) is 0 Å². The predicted octanol–water partition coefficient (Wildman–Crippen LogP) is 4.04. The Hall–Kier alpha value is -1.93. The molecule has 2 aromatic rings. The number of thiazole rings is 1. The van der Waals surface area contributed by atoms with E-state index in [1.165, 1.54) is 19.3 Å². The molecular formula is C21H28N4O2S2. The molecular weight excluding hydrogens is 404 g/mol. The molecule has 0 atom stereocenters. The Morgan fingerprint density at radius 3 is 2.52 bits per heavy atom. The topological polar surface area (TPSA) is 74.3 Å². The molecule has 1 aliphatic heterocycles. The van der Waals surface area contributed by atoms with Crippen molar-refractivity contribution in [2.75, 3.05) is 13.1 Å². The van der Waals surface area contributed by atoms with E-state index < -0.39 is 0 Å². The van der Waals surface area contributed by atoms with E-state index in [1.54, 1.807) is 22.7 Å². The quantitative estimate of drug-likeness (QED) is 0.749. The Morgan fingerprint density at radius 2 is 1.79 bits per heavy atom. The molecule has 156 valence electrons. The molecule has 6 nitrogen and oxygen atoms in total. The van der Waals surface area contributed by atoms with Gasteiger partial charge in [-0.1, -0.05) is 25.3 Å². The smallest absolute Gasteiger partial charge is 0.317 e. The third-order valence-corrected chi connectivity index (χ3v) is 7.64. The SMILES string of the molecule is O=C(Cc1csc(-c2cccs2)n1)NC1CCN(C(=O)NC2CCCCC2)CC1. The minimum absolute atomic E-state index is 0.0122. The molecule has 0 bridgehead atoms. The first-order valence-corrected chi connectivity index (χ1v) is 12.3. The number of nitrogens with zero attached hydrogens (tertiary/aromatic N) is 2. The van der Waals surface area contributed by atoms with E-state index in [0.717, 1.165) is 41.3 Å². The van der Waals surface area contributed by atoms with Crippen LogP contribution in [0, 0.1) is 0 Å². The van der Waals surface area contributed by atoms with Gasteiger partial charge >= 0.3 is 6.03 Å². The monoisotopic (exact) mass is 432 g/mol. The fourth-order valence-corrected chi connectivity index (χ4v) is 5.72. The van der Waals surface area contributed by atoms with Gasteiger partial charge in [0.1, 0.15) is 5.01 Å². The summed E-state index contributed by atoms with van der Waals surface area (Å²) in [6, 6.07) is 4.59. The zero-order chi connectivity index (χ0) is 20.1. The number of carbonyl (C=O) groups is 2. The number of nitrogens with one attached hydrogen (secondary N) is 2. The Morgan fingerprint density at radius 1 is 1.03 bits per heavy atom. The third kappa shape index (κ3) is 5.57. The Bertz CT molecular complexity index is 807. The van der Waals surface area contributed by atoms with Gasteiger partial charge in [0.05, 0.1) is 17.0 Å². The lowest BCUT2D eigenvalue weighted by atomic mass is 9.95. The van der Waals surface area contributed by atoms with Gasteiger partial charge in [-0.05, 0) is 37.1 Å². The van der Waals surface area contributed by atoms with Gasteiger partial charge < -0.3 is 15.5 Å². The van der Waals surface area contributed by atoms with Crippen LogP contribution in [0.15, 0.2) is 22.9 Å². The van der Waals surface area contributed by atoms with Gasteiger partial charge in [-0.25, -0.2) is 9.78 Å². The van der Waals surface area contributed by atoms with E-state index in [1.807, 2.05) is 27.8 Å². The normalized spacial score (nSPS) is 18.6. The maximum absolute atomic E-state index is 12.5. The second-order valence-electron chi connectivity index (χ2n) is 7.91. The van der Waals surface area contributed by atoms with Crippen molar-refractivity contribution in [1.82, 2.24) is 20.5 Å². The molecule has 2 aromatic heterocycles. The number of aromatic nitrogens is 1. The van der Waals surface area contributed by atoms with Crippen molar-refractivity contribution in [2.24, 2.45) is 0 Å².